The Balaban J connectivity index is 4.42. The Bertz CT molecular complexity index is 191. The molecule has 0 aromatic rings. The molecule has 0 radical (unpaired) electrons. The molecule has 0 heterocycles. The maximum Gasteiger partial charge on any atom is 0.145 e. The van der Waals surface area contributed by atoms with E-state index in [1.165, 1.54) is 0 Å². The summed E-state index contributed by atoms with van der Waals surface area (Å²) in [5, 5.41) is 0. The predicted molar refractivity (Wildman–Crippen MR) is 48.4 cm³/mol. The standard InChI is InChI=1S/C10H16O/c1-8(7-11)6-9(2)10(3,4)5/h6-7H,2H2,1,3-5H3/b8-6+. The molecular weight excluding hydrogens is 136 g/mol. The zero-order valence-electron chi connectivity index (χ0n) is 7.77. The van der Waals surface area contributed by atoms with Crippen molar-refractivity contribution >= 4 is 6.29 Å². The van der Waals surface area contributed by atoms with Crippen molar-refractivity contribution in [3.63, 3.8) is 0 Å². The fourth-order valence-electron chi connectivity index (χ4n) is 0.525. The number of carbonyl (C=O) groups excluding carboxylic acids is 1. The molecule has 0 aliphatic rings. The predicted octanol–water partition coefficient (Wildman–Crippen LogP) is 2.73. The van der Waals surface area contributed by atoms with Crippen LogP contribution in [0.15, 0.2) is 23.8 Å². The van der Waals surface area contributed by atoms with Crippen LogP contribution >= 0.6 is 0 Å². The molecule has 0 aromatic carbocycles. The van der Waals surface area contributed by atoms with E-state index in [0.717, 1.165) is 17.4 Å². The summed E-state index contributed by atoms with van der Waals surface area (Å²) in [4.78, 5) is 10.3. The van der Waals surface area contributed by atoms with E-state index in [0.29, 0.717) is 0 Å². The van der Waals surface area contributed by atoms with Gasteiger partial charge in [-0.2, -0.15) is 0 Å². The third-order valence-corrected chi connectivity index (χ3v) is 1.55. The van der Waals surface area contributed by atoms with Crippen molar-refractivity contribution in [2.24, 2.45) is 5.41 Å². The van der Waals surface area contributed by atoms with Crippen LogP contribution in [0.3, 0.4) is 0 Å². The van der Waals surface area contributed by atoms with Gasteiger partial charge in [0.05, 0.1) is 0 Å². The van der Waals surface area contributed by atoms with Crippen LogP contribution in [-0.2, 0) is 4.79 Å². The zero-order valence-corrected chi connectivity index (χ0v) is 7.77. The molecule has 0 unspecified atom stereocenters. The van der Waals surface area contributed by atoms with Gasteiger partial charge in [-0.15, -0.1) is 0 Å². The maximum absolute atomic E-state index is 10.3. The molecule has 0 saturated heterocycles. The Morgan fingerprint density at radius 3 is 2.09 bits per heavy atom. The van der Waals surface area contributed by atoms with E-state index in [1.807, 2.05) is 6.08 Å². The first-order valence-electron chi connectivity index (χ1n) is 3.71. The minimum atomic E-state index is 0.0598. The third kappa shape index (κ3) is 3.76. The Labute approximate surface area is 68.8 Å². The Morgan fingerprint density at radius 1 is 1.36 bits per heavy atom. The topological polar surface area (TPSA) is 17.1 Å². The van der Waals surface area contributed by atoms with Crippen molar-refractivity contribution in [2.75, 3.05) is 0 Å². The highest BCUT2D eigenvalue weighted by Gasteiger charge is 2.12. The number of rotatable bonds is 2. The minimum Gasteiger partial charge on any atom is -0.298 e. The van der Waals surface area contributed by atoms with Gasteiger partial charge in [-0.25, -0.2) is 0 Å². The summed E-state index contributed by atoms with van der Waals surface area (Å²) in [6.07, 6.45) is 2.67. The fraction of sp³-hybridized carbons (Fsp3) is 0.500. The van der Waals surface area contributed by atoms with Crippen LogP contribution in [0.2, 0.25) is 0 Å². The number of aldehydes is 1. The Hall–Kier alpha value is -0.850. The first-order chi connectivity index (χ1) is 4.88. The molecular formula is C10H16O. The van der Waals surface area contributed by atoms with Gasteiger partial charge < -0.3 is 0 Å². The van der Waals surface area contributed by atoms with Crippen LogP contribution in [0.25, 0.3) is 0 Å². The quantitative estimate of drug-likeness (QED) is 0.338. The van der Waals surface area contributed by atoms with Crippen LogP contribution < -0.4 is 0 Å². The summed E-state index contributed by atoms with van der Waals surface area (Å²) in [5.74, 6) is 0. The van der Waals surface area contributed by atoms with Crippen LogP contribution in [0, 0.1) is 5.41 Å². The largest absolute Gasteiger partial charge is 0.298 e. The van der Waals surface area contributed by atoms with Crippen molar-refractivity contribution in [2.45, 2.75) is 27.7 Å². The molecule has 0 aliphatic carbocycles. The summed E-state index contributed by atoms with van der Waals surface area (Å²) < 4.78 is 0. The van der Waals surface area contributed by atoms with Crippen LogP contribution in [0.4, 0.5) is 0 Å². The van der Waals surface area contributed by atoms with E-state index >= 15 is 0 Å². The van der Waals surface area contributed by atoms with Gasteiger partial charge in [-0.3, -0.25) is 4.79 Å². The summed E-state index contributed by atoms with van der Waals surface area (Å²) >= 11 is 0. The van der Waals surface area contributed by atoms with Crippen molar-refractivity contribution in [1.29, 1.82) is 0 Å². The van der Waals surface area contributed by atoms with E-state index in [-0.39, 0.29) is 5.41 Å². The second-order valence-corrected chi connectivity index (χ2v) is 3.78. The first-order valence-corrected chi connectivity index (χ1v) is 3.71. The molecule has 0 N–H and O–H groups in total. The average molecular weight is 152 g/mol. The Morgan fingerprint density at radius 2 is 1.82 bits per heavy atom. The molecule has 1 nitrogen and oxygen atoms in total. The van der Waals surface area contributed by atoms with E-state index in [2.05, 4.69) is 27.4 Å². The normalized spacial score (nSPS) is 12.9. The number of hydrogen-bond acceptors (Lipinski definition) is 1. The summed E-state index contributed by atoms with van der Waals surface area (Å²) in [5.41, 5.74) is 1.77. The van der Waals surface area contributed by atoms with Gasteiger partial charge in [0.1, 0.15) is 6.29 Å². The summed E-state index contributed by atoms with van der Waals surface area (Å²) in [6, 6.07) is 0. The smallest absolute Gasteiger partial charge is 0.145 e. The highest BCUT2D eigenvalue weighted by atomic mass is 16.1. The van der Waals surface area contributed by atoms with E-state index in [9.17, 15) is 4.79 Å². The summed E-state index contributed by atoms with van der Waals surface area (Å²) in [7, 11) is 0. The van der Waals surface area contributed by atoms with E-state index in [1.54, 1.807) is 6.92 Å². The maximum atomic E-state index is 10.3. The molecule has 0 rings (SSSR count). The molecule has 0 amide bonds. The van der Waals surface area contributed by atoms with Gasteiger partial charge in [-0.05, 0) is 23.5 Å². The third-order valence-electron chi connectivity index (χ3n) is 1.55. The van der Waals surface area contributed by atoms with Gasteiger partial charge in [0.2, 0.25) is 0 Å². The fourth-order valence-corrected chi connectivity index (χ4v) is 0.525. The molecule has 0 aliphatic heterocycles. The highest BCUT2D eigenvalue weighted by molar-refractivity contribution is 5.73. The van der Waals surface area contributed by atoms with Gasteiger partial charge in [0.15, 0.2) is 0 Å². The molecule has 0 atom stereocenters. The van der Waals surface area contributed by atoms with E-state index in [4.69, 9.17) is 0 Å². The zero-order chi connectivity index (χ0) is 9.07. The molecule has 0 saturated carbocycles. The number of hydrogen-bond donors (Lipinski definition) is 0. The van der Waals surface area contributed by atoms with Crippen LogP contribution in [0.5, 0.6) is 0 Å². The lowest BCUT2D eigenvalue weighted by molar-refractivity contribution is -0.104. The number of allylic oxidation sites excluding steroid dienone is 3. The molecule has 62 valence electrons. The SMILES string of the molecule is C=C(/C=C(\C)C=O)C(C)(C)C. The molecule has 0 aromatic heterocycles. The molecule has 0 fully saturated rings. The number of carbonyl (C=O) groups is 1. The minimum absolute atomic E-state index is 0.0598. The van der Waals surface area contributed by atoms with Crippen LogP contribution in [0.1, 0.15) is 27.7 Å². The second kappa shape index (κ2) is 3.51. The summed E-state index contributed by atoms with van der Waals surface area (Å²) in [6.45, 7) is 11.9. The van der Waals surface area contributed by atoms with Gasteiger partial charge in [0, 0.05) is 0 Å². The van der Waals surface area contributed by atoms with Gasteiger partial charge >= 0.3 is 0 Å². The van der Waals surface area contributed by atoms with Crippen molar-refractivity contribution in [3.05, 3.63) is 23.8 Å². The lowest BCUT2D eigenvalue weighted by Gasteiger charge is -2.18. The Kier molecular flexibility index (Phi) is 3.24. The van der Waals surface area contributed by atoms with Gasteiger partial charge in [0.25, 0.3) is 0 Å². The molecule has 0 bridgehead atoms. The monoisotopic (exact) mass is 152 g/mol. The first kappa shape index (κ1) is 10.2. The lowest BCUT2D eigenvalue weighted by atomic mass is 9.87. The lowest BCUT2D eigenvalue weighted by Crippen LogP contribution is -2.06. The molecule has 1 heteroatoms. The van der Waals surface area contributed by atoms with Crippen molar-refractivity contribution < 1.29 is 4.79 Å². The van der Waals surface area contributed by atoms with Gasteiger partial charge in [-0.1, -0.05) is 33.4 Å². The van der Waals surface area contributed by atoms with Crippen molar-refractivity contribution in [1.82, 2.24) is 0 Å². The second-order valence-electron chi connectivity index (χ2n) is 3.78. The van der Waals surface area contributed by atoms with Crippen molar-refractivity contribution in [3.8, 4) is 0 Å². The molecule has 0 spiro atoms. The molecule has 11 heavy (non-hydrogen) atoms. The van der Waals surface area contributed by atoms with E-state index < -0.39 is 0 Å². The van der Waals surface area contributed by atoms with Crippen LogP contribution in [-0.4, -0.2) is 6.29 Å². The average Bonchev–Trinajstić information content (AvgIpc) is 1.85. The highest BCUT2D eigenvalue weighted by Crippen LogP contribution is 2.24.